The lowest BCUT2D eigenvalue weighted by Gasteiger charge is -2.36. The molecule has 4 rings (SSSR count). The average molecular weight is 444 g/mol. The van der Waals surface area contributed by atoms with Crippen LogP contribution in [0.25, 0.3) is 0 Å². The molecule has 0 bridgehead atoms. The van der Waals surface area contributed by atoms with Gasteiger partial charge in [-0.1, -0.05) is 19.8 Å². The summed E-state index contributed by atoms with van der Waals surface area (Å²) in [5.74, 6) is 1.07. The van der Waals surface area contributed by atoms with Crippen LogP contribution in [0.4, 0.5) is 0 Å². The van der Waals surface area contributed by atoms with E-state index in [0.29, 0.717) is 49.5 Å². The molecular formula is C24H33N3O5. The first kappa shape index (κ1) is 22.4. The van der Waals surface area contributed by atoms with Crippen molar-refractivity contribution in [2.24, 2.45) is 11.8 Å². The fraction of sp³-hybridized carbons (Fsp3) is 0.625. The van der Waals surface area contributed by atoms with Crippen LogP contribution >= 0.6 is 0 Å². The van der Waals surface area contributed by atoms with Crippen LogP contribution in [0, 0.1) is 11.8 Å². The Morgan fingerprint density at radius 2 is 1.78 bits per heavy atom. The van der Waals surface area contributed by atoms with Gasteiger partial charge in [0, 0.05) is 31.1 Å². The van der Waals surface area contributed by atoms with Gasteiger partial charge < -0.3 is 25.0 Å². The maximum absolute atomic E-state index is 13.0. The second kappa shape index (κ2) is 10.2. The van der Waals surface area contributed by atoms with Gasteiger partial charge in [-0.05, 0) is 56.2 Å². The molecule has 3 amide bonds. The maximum atomic E-state index is 13.0. The summed E-state index contributed by atoms with van der Waals surface area (Å²) >= 11 is 0. The smallest absolute Gasteiger partial charge is 0.252 e. The Hall–Kier alpha value is -2.77. The summed E-state index contributed by atoms with van der Waals surface area (Å²) in [7, 11) is 0. The van der Waals surface area contributed by atoms with Crippen molar-refractivity contribution in [2.45, 2.75) is 57.9 Å². The lowest BCUT2D eigenvalue weighted by Crippen LogP contribution is -2.54. The Balaban J connectivity index is 1.41. The summed E-state index contributed by atoms with van der Waals surface area (Å²) in [5, 5.41) is 5.88. The van der Waals surface area contributed by atoms with Gasteiger partial charge in [0.2, 0.25) is 18.6 Å². The number of nitrogens with zero attached hydrogens (tertiary/aromatic N) is 1. The minimum Gasteiger partial charge on any atom is -0.454 e. The molecule has 0 radical (unpaired) electrons. The monoisotopic (exact) mass is 443 g/mol. The SMILES string of the molecule is CCCNC(=O)[C@@H](NC(=O)c1ccc2c(c1)OCO2)C1CCN(C(=O)C2CCCC2)CC1. The number of piperidine rings is 1. The number of hydrogen-bond donors (Lipinski definition) is 2. The van der Waals surface area contributed by atoms with E-state index in [1.165, 1.54) is 0 Å². The zero-order chi connectivity index (χ0) is 22.5. The summed E-state index contributed by atoms with van der Waals surface area (Å²) in [6.07, 6.45) is 6.48. The number of carbonyl (C=O) groups is 3. The summed E-state index contributed by atoms with van der Waals surface area (Å²) in [5.41, 5.74) is 0.427. The first-order valence-corrected chi connectivity index (χ1v) is 11.8. The summed E-state index contributed by atoms with van der Waals surface area (Å²) in [6, 6.07) is 4.38. The Morgan fingerprint density at radius 3 is 2.50 bits per heavy atom. The van der Waals surface area contributed by atoms with Gasteiger partial charge in [0.15, 0.2) is 11.5 Å². The molecule has 3 aliphatic rings. The molecule has 0 aromatic heterocycles. The highest BCUT2D eigenvalue weighted by Gasteiger charge is 2.36. The van der Waals surface area contributed by atoms with Crippen LogP contribution in [0.3, 0.4) is 0 Å². The second-order valence-electron chi connectivity index (χ2n) is 8.95. The molecule has 174 valence electrons. The standard InChI is InChI=1S/C24H33N3O5/c1-2-11-25-23(29)21(26-22(28)18-7-8-19-20(14-18)32-15-31-19)16-9-12-27(13-10-16)24(30)17-5-3-4-6-17/h7-8,14,16-17,21H,2-6,9-13,15H2,1H3,(H,25,29)(H,26,28)/t21-/m0/s1. The van der Waals surface area contributed by atoms with E-state index in [0.717, 1.165) is 32.1 Å². The van der Waals surface area contributed by atoms with E-state index < -0.39 is 6.04 Å². The fourth-order valence-corrected chi connectivity index (χ4v) is 4.90. The molecule has 2 aliphatic heterocycles. The molecular weight excluding hydrogens is 410 g/mol. The number of nitrogens with one attached hydrogen (secondary N) is 2. The van der Waals surface area contributed by atoms with Crippen LogP contribution < -0.4 is 20.1 Å². The normalized spacial score (nSPS) is 19.6. The van der Waals surface area contributed by atoms with Gasteiger partial charge in [0.1, 0.15) is 6.04 Å². The molecule has 1 atom stereocenters. The molecule has 1 aromatic carbocycles. The largest absolute Gasteiger partial charge is 0.454 e. The predicted octanol–water partition coefficient (Wildman–Crippen LogP) is 2.47. The van der Waals surface area contributed by atoms with Crippen molar-refractivity contribution in [3.63, 3.8) is 0 Å². The Morgan fingerprint density at radius 1 is 1.06 bits per heavy atom. The minimum atomic E-state index is -0.636. The quantitative estimate of drug-likeness (QED) is 0.675. The number of fused-ring (bicyclic) bond motifs is 1. The zero-order valence-electron chi connectivity index (χ0n) is 18.7. The molecule has 0 unspecified atom stereocenters. The number of rotatable bonds is 7. The third-order valence-corrected chi connectivity index (χ3v) is 6.78. The molecule has 1 saturated carbocycles. The van der Waals surface area contributed by atoms with Crippen molar-refractivity contribution < 1.29 is 23.9 Å². The lowest BCUT2D eigenvalue weighted by atomic mass is 9.87. The summed E-state index contributed by atoms with van der Waals surface area (Å²) in [6.45, 7) is 3.97. The van der Waals surface area contributed by atoms with Gasteiger partial charge in [0.25, 0.3) is 5.91 Å². The van der Waals surface area contributed by atoms with Crippen molar-refractivity contribution in [1.82, 2.24) is 15.5 Å². The van der Waals surface area contributed by atoms with E-state index in [1.54, 1.807) is 18.2 Å². The van der Waals surface area contributed by atoms with Crippen LogP contribution in [-0.4, -0.2) is 55.1 Å². The van der Waals surface area contributed by atoms with E-state index >= 15 is 0 Å². The van der Waals surface area contributed by atoms with Crippen LogP contribution in [0.1, 0.15) is 62.2 Å². The third-order valence-electron chi connectivity index (χ3n) is 6.78. The topological polar surface area (TPSA) is 97.0 Å². The number of hydrogen-bond acceptors (Lipinski definition) is 5. The highest BCUT2D eigenvalue weighted by atomic mass is 16.7. The molecule has 0 spiro atoms. The Kier molecular flexibility index (Phi) is 7.17. The molecule has 2 fully saturated rings. The van der Waals surface area contributed by atoms with Gasteiger partial charge in [-0.25, -0.2) is 0 Å². The van der Waals surface area contributed by atoms with Crippen molar-refractivity contribution in [3.8, 4) is 11.5 Å². The van der Waals surface area contributed by atoms with Crippen molar-refractivity contribution >= 4 is 17.7 Å². The first-order chi connectivity index (χ1) is 15.6. The number of amides is 3. The van der Waals surface area contributed by atoms with E-state index in [1.807, 2.05) is 11.8 Å². The van der Waals surface area contributed by atoms with Gasteiger partial charge in [-0.2, -0.15) is 0 Å². The highest BCUT2D eigenvalue weighted by molar-refractivity contribution is 5.98. The van der Waals surface area contributed by atoms with E-state index in [2.05, 4.69) is 10.6 Å². The van der Waals surface area contributed by atoms with E-state index in [9.17, 15) is 14.4 Å². The highest BCUT2D eigenvalue weighted by Crippen LogP contribution is 2.33. The number of carbonyl (C=O) groups excluding carboxylic acids is 3. The van der Waals surface area contributed by atoms with E-state index in [-0.39, 0.29) is 36.4 Å². The molecule has 2 N–H and O–H groups in total. The molecule has 8 nitrogen and oxygen atoms in total. The molecule has 8 heteroatoms. The van der Waals surface area contributed by atoms with Crippen LogP contribution in [-0.2, 0) is 9.59 Å². The summed E-state index contributed by atoms with van der Waals surface area (Å²) in [4.78, 5) is 40.6. The van der Waals surface area contributed by atoms with Crippen LogP contribution in [0.15, 0.2) is 18.2 Å². The average Bonchev–Trinajstić information content (AvgIpc) is 3.52. The first-order valence-electron chi connectivity index (χ1n) is 11.8. The van der Waals surface area contributed by atoms with Crippen molar-refractivity contribution in [3.05, 3.63) is 23.8 Å². The molecule has 32 heavy (non-hydrogen) atoms. The molecule has 1 aromatic rings. The van der Waals surface area contributed by atoms with E-state index in [4.69, 9.17) is 9.47 Å². The predicted molar refractivity (Wildman–Crippen MR) is 118 cm³/mol. The van der Waals surface area contributed by atoms with Gasteiger partial charge in [-0.3, -0.25) is 14.4 Å². The second-order valence-corrected chi connectivity index (χ2v) is 8.95. The number of likely N-dealkylation sites (tertiary alicyclic amines) is 1. The van der Waals surface area contributed by atoms with Crippen LogP contribution in [0.2, 0.25) is 0 Å². The van der Waals surface area contributed by atoms with Crippen LogP contribution in [0.5, 0.6) is 11.5 Å². The fourth-order valence-electron chi connectivity index (χ4n) is 4.90. The number of ether oxygens (including phenoxy) is 2. The van der Waals surface area contributed by atoms with Crippen molar-refractivity contribution in [2.75, 3.05) is 26.4 Å². The molecule has 2 heterocycles. The van der Waals surface area contributed by atoms with Gasteiger partial charge in [0.05, 0.1) is 0 Å². The summed E-state index contributed by atoms with van der Waals surface area (Å²) < 4.78 is 10.7. The Bertz CT molecular complexity index is 844. The van der Waals surface area contributed by atoms with Gasteiger partial charge >= 0.3 is 0 Å². The molecule has 1 saturated heterocycles. The third kappa shape index (κ3) is 5.00. The maximum Gasteiger partial charge on any atom is 0.252 e. The Labute approximate surface area is 189 Å². The zero-order valence-corrected chi connectivity index (χ0v) is 18.7. The number of benzene rings is 1. The van der Waals surface area contributed by atoms with Gasteiger partial charge in [-0.15, -0.1) is 0 Å². The molecule has 1 aliphatic carbocycles. The van der Waals surface area contributed by atoms with Crippen molar-refractivity contribution in [1.29, 1.82) is 0 Å². The minimum absolute atomic E-state index is 0.0163. The lowest BCUT2D eigenvalue weighted by molar-refractivity contribution is -0.137.